The Labute approximate surface area is 136 Å². The van der Waals surface area contributed by atoms with Gasteiger partial charge in [0.1, 0.15) is 4.91 Å². The highest BCUT2D eigenvalue weighted by Crippen LogP contribution is 2.22. The smallest absolute Gasteiger partial charge is 0.262 e. The van der Waals surface area contributed by atoms with Gasteiger partial charge in [-0.05, 0) is 11.6 Å². The molecule has 0 saturated heterocycles. The van der Waals surface area contributed by atoms with Gasteiger partial charge >= 0.3 is 0 Å². The van der Waals surface area contributed by atoms with Crippen LogP contribution in [0.25, 0.3) is 0 Å². The van der Waals surface area contributed by atoms with Crippen molar-refractivity contribution in [3.05, 3.63) is 70.3 Å². The van der Waals surface area contributed by atoms with E-state index >= 15 is 0 Å². The summed E-state index contributed by atoms with van der Waals surface area (Å²) in [4.78, 5) is 12.5. The van der Waals surface area contributed by atoms with E-state index in [0.29, 0.717) is 11.6 Å². The maximum atomic E-state index is 12.5. The number of allylic oxidation sites excluding steroid dienone is 2. The minimum Gasteiger partial charge on any atom is -0.382 e. The van der Waals surface area contributed by atoms with Crippen LogP contribution in [-0.4, -0.2) is 21.4 Å². The lowest BCUT2D eigenvalue weighted by molar-refractivity contribution is -0.117. The molecule has 4 nitrogen and oxygen atoms in total. The largest absolute Gasteiger partial charge is 0.382 e. The van der Waals surface area contributed by atoms with E-state index in [-0.39, 0.29) is 22.1 Å². The molecule has 3 unspecified atom stereocenters. The number of benzene rings is 1. The molecule has 0 radical (unpaired) electrons. The molecule has 1 heterocycles. The van der Waals surface area contributed by atoms with Gasteiger partial charge in [-0.15, -0.1) is 0 Å². The fraction of sp³-hybridized carbons (Fsp3) is 0.188. The Morgan fingerprint density at radius 3 is 2.86 bits per heavy atom. The number of halogens is 1. The van der Waals surface area contributed by atoms with E-state index < -0.39 is 10.8 Å². The predicted octanol–water partition coefficient (Wildman–Crippen LogP) is 2.01. The van der Waals surface area contributed by atoms with Crippen molar-refractivity contribution in [3.8, 4) is 0 Å². The summed E-state index contributed by atoms with van der Waals surface area (Å²) in [6, 6.07) is 7.28. The van der Waals surface area contributed by atoms with Gasteiger partial charge in [0.05, 0.1) is 22.1 Å². The lowest BCUT2D eigenvalue weighted by Gasteiger charge is -2.29. The minimum absolute atomic E-state index is 0.0223. The molecule has 2 aliphatic rings. The average Bonchev–Trinajstić information content (AvgIpc) is 2.54. The zero-order valence-electron chi connectivity index (χ0n) is 11.7. The van der Waals surface area contributed by atoms with Gasteiger partial charge < -0.3 is 10.6 Å². The van der Waals surface area contributed by atoms with E-state index in [1.165, 1.54) is 0 Å². The maximum absolute atomic E-state index is 12.5. The molecule has 0 saturated carbocycles. The average molecular weight is 335 g/mol. The van der Waals surface area contributed by atoms with Gasteiger partial charge in [0.15, 0.2) is 0 Å². The van der Waals surface area contributed by atoms with E-state index in [1.807, 2.05) is 42.5 Å². The molecule has 1 aliphatic heterocycles. The second-order valence-electron chi connectivity index (χ2n) is 5.01. The Balaban J connectivity index is 1.69. The van der Waals surface area contributed by atoms with Crippen LogP contribution < -0.4 is 10.6 Å². The van der Waals surface area contributed by atoms with Gasteiger partial charge in [0.25, 0.3) is 5.91 Å². The fourth-order valence-electron chi connectivity index (χ4n) is 2.38. The van der Waals surface area contributed by atoms with E-state index in [9.17, 15) is 9.00 Å². The Bertz CT molecular complexity index is 712. The molecular weight excluding hydrogens is 320 g/mol. The minimum atomic E-state index is -1.37. The standard InChI is InChI=1S/C16H15ClN2O2S/c17-12-6-2-1-5-11(12)9-19-16(20)15-10-18-13-7-3-4-8-14(13)22(15)21/h1-8,10,13-14,18H,9H2,(H,19,20). The maximum Gasteiger partial charge on any atom is 0.262 e. The molecule has 2 N–H and O–H groups in total. The summed E-state index contributed by atoms with van der Waals surface area (Å²) in [5.74, 6) is -0.341. The summed E-state index contributed by atoms with van der Waals surface area (Å²) in [6.07, 6.45) is 9.11. The van der Waals surface area contributed by atoms with Crippen LogP contribution in [0.5, 0.6) is 0 Å². The normalized spacial score (nSPS) is 25.9. The van der Waals surface area contributed by atoms with E-state index in [4.69, 9.17) is 11.6 Å². The number of hydrogen-bond acceptors (Lipinski definition) is 3. The second-order valence-corrected chi connectivity index (χ2v) is 6.99. The zero-order chi connectivity index (χ0) is 15.5. The predicted molar refractivity (Wildman–Crippen MR) is 88.5 cm³/mol. The topological polar surface area (TPSA) is 58.2 Å². The van der Waals surface area contributed by atoms with Crippen molar-refractivity contribution < 1.29 is 9.00 Å². The zero-order valence-corrected chi connectivity index (χ0v) is 13.2. The lowest BCUT2D eigenvalue weighted by Crippen LogP contribution is -2.45. The molecule has 1 amide bonds. The molecule has 114 valence electrons. The highest BCUT2D eigenvalue weighted by atomic mass is 35.5. The molecule has 0 spiro atoms. The van der Waals surface area contributed by atoms with Crippen LogP contribution >= 0.6 is 11.6 Å². The highest BCUT2D eigenvalue weighted by Gasteiger charge is 2.33. The Hall–Kier alpha value is -1.85. The van der Waals surface area contributed by atoms with Crippen molar-refractivity contribution in [2.75, 3.05) is 0 Å². The van der Waals surface area contributed by atoms with E-state index in [2.05, 4.69) is 10.6 Å². The van der Waals surface area contributed by atoms with E-state index in [1.54, 1.807) is 12.3 Å². The summed E-state index contributed by atoms with van der Waals surface area (Å²) in [5.41, 5.74) is 0.825. The van der Waals surface area contributed by atoms with Gasteiger partial charge in [0, 0.05) is 17.8 Å². The fourth-order valence-corrected chi connectivity index (χ4v) is 3.98. The molecule has 0 fully saturated rings. The van der Waals surface area contributed by atoms with Crippen molar-refractivity contribution >= 4 is 28.3 Å². The summed E-state index contributed by atoms with van der Waals surface area (Å²) >= 11 is 6.06. The van der Waals surface area contributed by atoms with Crippen LogP contribution in [0.3, 0.4) is 0 Å². The van der Waals surface area contributed by atoms with Crippen molar-refractivity contribution in [1.82, 2.24) is 10.6 Å². The van der Waals surface area contributed by atoms with Gasteiger partial charge in [-0.25, -0.2) is 0 Å². The van der Waals surface area contributed by atoms with Gasteiger partial charge in [0.2, 0.25) is 0 Å². The van der Waals surface area contributed by atoms with Crippen LogP contribution in [0.2, 0.25) is 5.02 Å². The van der Waals surface area contributed by atoms with Crippen LogP contribution in [0.15, 0.2) is 59.7 Å². The number of carbonyl (C=O) groups is 1. The number of fused-ring (bicyclic) bond motifs is 1. The van der Waals surface area contributed by atoms with E-state index in [0.717, 1.165) is 5.56 Å². The summed E-state index contributed by atoms with van der Waals surface area (Å²) in [5, 5.41) is 6.27. The molecule has 3 atom stereocenters. The molecule has 0 aromatic heterocycles. The SMILES string of the molecule is O=C(NCc1ccccc1Cl)C1=CNC2C=CC=CC2S1=O. The first-order valence-electron chi connectivity index (χ1n) is 6.90. The first-order chi connectivity index (χ1) is 10.7. The number of rotatable bonds is 3. The number of nitrogens with one attached hydrogen (secondary N) is 2. The van der Waals surface area contributed by atoms with Gasteiger partial charge in [-0.2, -0.15) is 0 Å². The molecule has 1 aromatic rings. The molecule has 6 heteroatoms. The van der Waals surface area contributed by atoms with Crippen LogP contribution in [0.1, 0.15) is 5.56 Å². The lowest BCUT2D eigenvalue weighted by atomic mass is 10.1. The van der Waals surface area contributed by atoms with Crippen LogP contribution in [0, 0.1) is 0 Å². The molecular formula is C16H15ClN2O2S. The monoisotopic (exact) mass is 334 g/mol. The van der Waals surface area contributed by atoms with Crippen molar-refractivity contribution in [2.45, 2.75) is 17.8 Å². The third-order valence-corrected chi connectivity index (χ3v) is 5.63. The van der Waals surface area contributed by atoms with Crippen molar-refractivity contribution in [1.29, 1.82) is 0 Å². The first-order valence-corrected chi connectivity index (χ1v) is 8.49. The second kappa shape index (κ2) is 6.50. The summed E-state index contributed by atoms with van der Waals surface area (Å²) in [6.45, 7) is 0.302. The van der Waals surface area contributed by atoms with Gasteiger partial charge in [-0.1, -0.05) is 54.1 Å². The Morgan fingerprint density at radius 1 is 1.27 bits per heavy atom. The quantitative estimate of drug-likeness (QED) is 0.889. The molecule has 22 heavy (non-hydrogen) atoms. The molecule has 0 bridgehead atoms. The Morgan fingerprint density at radius 2 is 2.05 bits per heavy atom. The van der Waals surface area contributed by atoms with Crippen LogP contribution in [-0.2, 0) is 22.1 Å². The Kier molecular flexibility index (Phi) is 4.45. The first kappa shape index (κ1) is 15.1. The molecule has 1 aromatic carbocycles. The van der Waals surface area contributed by atoms with Crippen molar-refractivity contribution in [3.63, 3.8) is 0 Å². The highest BCUT2D eigenvalue weighted by molar-refractivity contribution is 7.91. The summed E-state index contributed by atoms with van der Waals surface area (Å²) < 4.78 is 12.5. The number of amides is 1. The number of hydrogen-bond donors (Lipinski definition) is 2. The third-order valence-electron chi connectivity index (χ3n) is 3.58. The molecule has 3 rings (SSSR count). The summed E-state index contributed by atoms with van der Waals surface area (Å²) in [7, 11) is -1.37. The molecule has 1 aliphatic carbocycles. The number of carbonyl (C=O) groups excluding carboxylic acids is 1. The van der Waals surface area contributed by atoms with Gasteiger partial charge in [-0.3, -0.25) is 9.00 Å². The van der Waals surface area contributed by atoms with Crippen molar-refractivity contribution in [2.24, 2.45) is 0 Å². The van der Waals surface area contributed by atoms with Crippen LogP contribution in [0.4, 0.5) is 0 Å². The third kappa shape index (κ3) is 3.00.